The molecule has 2 aromatic carbocycles. The number of hydrogen-bond donors (Lipinski definition) is 4. The molecule has 1 amide bonds. The van der Waals surface area contributed by atoms with E-state index in [1.165, 1.54) is 13.2 Å². The number of ether oxygens (including phenoxy) is 1. The summed E-state index contributed by atoms with van der Waals surface area (Å²) in [6, 6.07) is 11.7. The van der Waals surface area contributed by atoms with Gasteiger partial charge in [0, 0.05) is 42.3 Å². The number of rotatable bonds is 7. The molecule has 0 unspecified atom stereocenters. The molecule has 2 aromatic rings. The van der Waals surface area contributed by atoms with Crippen molar-refractivity contribution in [1.29, 1.82) is 0 Å². The van der Waals surface area contributed by atoms with E-state index in [0.717, 1.165) is 5.56 Å². The minimum atomic E-state index is -0.325. The molecular formula is C17H20MnN2O4. The standard InChI is InChI=1S/C17H20N2O4.Mn/c1-23-15-8-4-5-12(16(15)21)11-18-9-10-19-17(22)13-6-2-3-7-14(13)20;/h2-8,18,20-21H,9-11H2,1H3,(H,19,22);. The Kier molecular flexibility index (Phi) is 8.12. The number of carbonyl (C=O) groups excluding carboxylic acids is 1. The van der Waals surface area contributed by atoms with Crippen molar-refractivity contribution in [2.24, 2.45) is 0 Å². The van der Waals surface area contributed by atoms with Crippen molar-refractivity contribution < 1.29 is 36.8 Å². The first-order valence-electron chi connectivity index (χ1n) is 7.25. The first kappa shape index (κ1) is 19.8. The second kappa shape index (κ2) is 9.82. The van der Waals surface area contributed by atoms with Gasteiger partial charge in [-0.15, -0.1) is 0 Å². The minimum Gasteiger partial charge on any atom is -0.507 e. The summed E-state index contributed by atoms with van der Waals surface area (Å²) < 4.78 is 5.05. The molecular weight excluding hydrogens is 351 g/mol. The monoisotopic (exact) mass is 371 g/mol. The zero-order valence-electron chi connectivity index (χ0n) is 13.3. The molecule has 24 heavy (non-hydrogen) atoms. The van der Waals surface area contributed by atoms with Gasteiger partial charge in [-0.05, 0) is 18.2 Å². The van der Waals surface area contributed by atoms with E-state index in [-0.39, 0.29) is 40.0 Å². The largest absolute Gasteiger partial charge is 0.507 e. The number of carbonyl (C=O) groups is 1. The number of phenols is 2. The molecule has 0 aliphatic heterocycles. The normalized spacial score (nSPS) is 9.88. The molecule has 7 heteroatoms. The van der Waals surface area contributed by atoms with Gasteiger partial charge in [-0.3, -0.25) is 4.79 Å². The number of methoxy groups -OCH3 is 1. The molecule has 129 valence electrons. The Morgan fingerprint density at radius 1 is 1.08 bits per heavy atom. The van der Waals surface area contributed by atoms with Gasteiger partial charge in [0.25, 0.3) is 5.91 Å². The van der Waals surface area contributed by atoms with E-state index in [0.29, 0.717) is 25.4 Å². The van der Waals surface area contributed by atoms with Gasteiger partial charge in [-0.1, -0.05) is 24.3 Å². The van der Waals surface area contributed by atoms with Gasteiger partial charge < -0.3 is 25.6 Å². The summed E-state index contributed by atoms with van der Waals surface area (Å²) in [4.78, 5) is 11.9. The number of phenolic OH excluding ortho intramolecular Hbond substituents is 2. The maximum atomic E-state index is 11.9. The zero-order chi connectivity index (χ0) is 16.7. The van der Waals surface area contributed by atoms with Crippen molar-refractivity contribution in [2.45, 2.75) is 6.54 Å². The quantitative estimate of drug-likeness (QED) is 0.439. The molecule has 0 fully saturated rings. The van der Waals surface area contributed by atoms with Crippen molar-refractivity contribution in [3.8, 4) is 17.2 Å². The van der Waals surface area contributed by atoms with Crippen molar-refractivity contribution in [3.63, 3.8) is 0 Å². The Morgan fingerprint density at radius 2 is 1.83 bits per heavy atom. The molecule has 0 saturated heterocycles. The van der Waals surface area contributed by atoms with E-state index < -0.39 is 0 Å². The predicted molar refractivity (Wildman–Crippen MR) is 86.8 cm³/mol. The Morgan fingerprint density at radius 3 is 2.54 bits per heavy atom. The fourth-order valence-electron chi connectivity index (χ4n) is 2.12. The number of aromatic hydroxyl groups is 2. The molecule has 2 rings (SSSR count). The Hall–Kier alpha value is -2.21. The van der Waals surface area contributed by atoms with Crippen LogP contribution >= 0.6 is 0 Å². The van der Waals surface area contributed by atoms with E-state index in [2.05, 4.69) is 10.6 Å². The summed E-state index contributed by atoms with van der Waals surface area (Å²) >= 11 is 0. The van der Waals surface area contributed by atoms with E-state index in [1.54, 1.807) is 36.4 Å². The van der Waals surface area contributed by atoms with Crippen molar-refractivity contribution in [3.05, 3.63) is 53.6 Å². The first-order valence-corrected chi connectivity index (χ1v) is 7.25. The van der Waals surface area contributed by atoms with E-state index >= 15 is 0 Å². The Labute approximate surface area is 151 Å². The van der Waals surface area contributed by atoms with Gasteiger partial charge in [-0.2, -0.15) is 0 Å². The average molecular weight is 371 g/mol. The summed E-state index contributed by atoms with van der Waals surface area (Å²) in [5.74, 6) is 0.172. The third kappa shape index (κ3) is 5.16. The van der Waals surface area contributed by atoms with Gasteiger partial charge in [-0.25, -0.2) is 0 Å². The molecule has 4 N–H and O–H groups in total. The van der Waals surface area contributed by atoms with Crippen molar-refractivity contribution in [2.75, 3.05) is 20.2 Å². The van der Waals surface area contributed by atoms with Gasteiger partial charge in [0.1, 0.15) is 5.75 Å². The number of para-hydroxylation sites is 2. The second-order valence-corrected chi connectivity index (χ2v) is 4.92. The van der Waals surface area contributed by atoms with Crippen LogP contribution in [0.25, 0.3) is 0 Å². The Bertz CT molecular complexity index is 679. The fourth-order valence-corrected chi connectivity index (χ4v) is 2.12. The maximum Gasteiger partial charge on any atom is 0.255 e. The number of nitrogens with one attached hydrogen (secondary N) is 2. The molecule has 6 nitrogen and oxygen atoms in total. The average Bonchev–Trinajstić information content (AvgIpc) is 2.56. The molecule has 0 bridgehead atoms. The summed E-state index contributed by atoms with van der Waals surface area (Å²) in [5.41, 5.74) is 0.967. The summed E-state index contributed by atoms with van der Waals surface area (Å²) in [7, 11) is 1.50. The molecule has 0 aliphatic carbocycles. The van der Waals surface area contributed by atoms with Crippen LogP contribution in [0.1, 0.15) is 15.9 Å². The third-order valence-corrected chi connectivity index (χ3v) is 3.35. The molecule has 0 atom stereocenters. The van der Waals surface area contributed by atoms with Crippen molar-refractivity contribution >= 4 is 5.91 Å². The molecule has 0 spiro atoms. The zero-order valence-corrected chi connectivity index (χ0v) is 14.4. The van der Waals surface area contributed by atoms with Crippen LogP contribution < -0.4 is 15.4 Å². The number of benzene rings is 2. The smallest absolute Gasteiger partial charge is 0.255 e. The minimum absolute atomic E-state index is 0. The van der Waals surface area contributed by atoms with Crippen LogP contribution in [0, 0.1) is 0 Å². The topological polar surface area (TPSA) is 90.8 Å². The van der Waals surface area contributed by atoms with E-state index in [4.69, 9.17) is 4.74 Å². The van der Waals surface area contributed by atoms with Gasteiger partial charge >= 0.3 is 0 Å². The number of amides is 1. The summed E-state index contributed by atoms with van der Waals surface area (Å²) in [5, 5.41) is 25.4. The van der Waals surface area contributed by atoms with Crippen LogP contribution in [-0.4, -0.2) is 36.3 Å². The SMILES string of the molecule is COc1cccc(CNCCNC(=O)c2ccccc2O)c1O.[Mn]. The van der Waals surface area contributed by atoms with Gasteiger partial charge in [0.2, 0.25) is 0 Å². The van der Waals surface area contributed by atoms with Crippen LogP contribution in [0.3, 0.4) is 0 Å². The summed E-state index contributed by atoms with van der Waals surface area (Å²) in [6.45, 7) is 1.38. The van der Waals surface area contributed by atoms with E-state index in [1.807, 2.05) is 0 Å². The van der Waals surface area contributed by atoms with Crippen LogP contribution in [-0.2, 0) is 23.6 Å². The van der Waals surface area contributed by atoms with Crippen LogP contribution in [0.4, 0.5) is 0 Å². The van der Waals surface area contributed by atoms with Gasteiger partial charge in [0.15, 0.2) is 11.5 Å². The fraction of sp³-hybridized carbons (Fsp3) is 0.235. The summed E-state index contributed by atoms with van der Waals surface area (Å²) in [6.07, 6.45) is 0. The molecule has 0 aromatic heterocycles. The first-order chi connectivity index (χ1) is 11.1. The van der Waals surface area contributed by atoms with Crippen LogP contribution in [0.5, 0.6) is 17.2 Å². The predicted octanol–water partition coefficient (Wildman–Crippen LogP) is 1.62. The van der Waals surface area contributed by atoms with Crippen LogP contribution in [0.15, 0.2) is 42.5 Å². The third-order valence-electron chi connectivity index (χ3n) is 3.35. The van der Waals surface area contributed by atoms with Crippen molar-refractivity contribution in [1.82, 2.24) is 10.6 Å². The molecule has 0 heterocycles. The molecule has 0 aliphatic rings. The van der Waals surface area contributed by atoms with Crippen LogP contribution in [0.2, 0.25) is 0 Å². The van der Waals surface area contributed by atoms with Gasteiger partial charge in [0.05, 0.1) is 12.7 Å². The van der Waals surface area contributed by atoms with E-state index in [9.17, 15) is 15.0 Å². The molecule has 1 radical (unpaired) electrons. The second-order valence-electron chi connectivity index (χ2n) is 4.92. The maximum absolute atomic E-state index is 11.9. The molecule has 0 saturated carbocycles. The Balaban J connectivity index is 0.00000288. The number of hydrogen-bond acceptors (Lipinski definition) is 5.